The minimum absolute atomic E-state index is 0. The van der Waals surface area contributed by atoms with E-state index in [4.69, 9.17) is 4.74 Å². The van der Waals surface area contributed by atoms with Crippen LogP contribution in [0, 0.1) is 5.92 Å². The van der Waals surface area contributed by atoms with Crippen molar-refractivity contribution in [3.8, 4) is 0 Å². The van der Waals surface area contributed by atoms with E-state index in [1.54, 1.807) is 0 Å². The van der Waals surface area contributed by atoms with E-state index < -0.39 is 6.10 Å². The second-order valence-electron chi connectivity index (χ2n) is 5.70. The number of aromatic nitrogens is 1. The number of rotatable bonds is 10. The number of guanidine groups is 1. The summed E-state index contributed by atoms with van der Waals surface area (Å²) >= 11 is 0. The van der Waals surface area contributed by atoms with Crippen LogP contribution in [0.15, 0.2) is 29.5 Å². The third-order valence-corrected chi connectivity index (χ3v) is 3.49. The lowest BCUT2D eigenvalue weighted by atomic mass is 10.4. The van der Waals surface area contributed by atoms with E-state index >= 15 is 0 Å². The first-order valence-electron chi connectivity index (χ1n) is 8.16. The lowest BCUT2D eigenvalue weighted by molar-refractivity contribution is 0.0368. The largest absolute Gasteiger partial charge is 0.389 e. The maximum absolute atomic E-state index is 9.88. The van der Waals surface area contributed by atoms with Gasteiger partial charge in [0.2, 0.25) is 0 Å². The minimum Gasteiger partial charge on any atom is -0.389 e. The van der Waals surface area contributed by atoms with Crippen molar-refractivity contribution in [1.82, 2.24) is 15.2 Å². The zero-order valence-electron chi connectivity index (χ0n) is 13.8. The highest BCUT2D eigenvalue weighted by Crippen LogP contribution is 2.28. The number of aliphatic imine (C=N–C) groups is 1. The molecular weight excluding hydrogens is 407 g/mol. The first kappa shape index (κ1) is 20.2. The van der Waals surface area contributed by atoms with E-state index in [-0.39, 0.29) is 24.0 Å². The lowest BCUT2D eigenvalue weighted by Crippen LogP contribution is -2.39. The van der Waals surface area contributed by atoms with E-state index in [0.29, 0.717) is 13.2 Å². The number of ether oxygens (including phenoxy) is 1. The molecule has 0 aliphatic heterocycles. The van der Waals surface area contributed by atoms with E-state index in [1.165, 1.54) is 12.8 Å². The molecule has 0 amide bonds. The van der Waals surface area contributed by atoms with Gasteiger partial charge in [0.15, 0.2) is 5.96 Å². The van der Waals surface area contributed by atoms with E-state index in [0.717, 1.165) is 38.1 Å². The van der Waals surface area contributed by atoms with Gasteiger partial charge in [0, 0.05) is 38.6 Å². The van der Waals surface area contributed by atoms with Gasteiger partial charge >= 0.3 is 0 Å². The van der Waals surface area contributed by atoms with Gasteiger partial charge in [-0.25, -0.2) is 0 Å². The molecule has 7 heteroatoms. The van der Waals surface area contributed by atoms with Gasteiger partial charge in [-0.05, 0) is 37.8 Å². The maximum atomic E-state index is 9.88. The van der Waals surface area contributed by atoms with Crippen LogP contribution in [-0.2, 0) is 11.3 Å². The Kier molecular flexibility index (Phi) is 10.3. The topological polar surface area (TPSA) is 70.8 Å². The smallest absolute Gasteiger partial charge is 0.191 e. The molecule has 1 unspecified atom stereocenters. The third-order valence-electron chi connectivity index (χ3n) is 3.49. The Morgan fingerprint density at radius 2 is 2.09 bits per heavy atom. The molecule has 23 heavy (non-hydrogen) atoms. The summed E-state index contributed by atoms with van der Waals surface area (Å²) in [5, 5.41) is 16.3. The second-order valence-corrected chi connectivity index (χ2v) is 5.70. The standard InChI is InChI=1S/C16H28N4O2.HI/c1-2-17-16(18-7-10-20-8-3-4-9-20)19-11-15(21)13-22-12-14-5-6-14;/h3-4,8-9,14-15,21H,2,5-7,10-13H2,1H3,(H2,17,18,19);1H. The predicted molar refractivity (Wildman–Crippen MR) is 103 cm³/mol. The fourth-order valence-electron chi connectivity index (χ4n) is 2.07. The molecule has 0 saturated heterocycles. The number of nitrogens with one attached hydrogen (secondary N) is 2. The molecule has 1 aromatic heterocycles. The number of aliphatic hydroxyl groups is 1. The Hall–Kier alpha value is -0.800. The van der Waals surface area contributed by atoms with Crippen molar-refractivity contribution >= 4 is 29.9 Å². The SMILES string of the molecule is CCNC(=NCC(O)COCC1CC1)NCCn1cccc1.I. The summed E-state index contributed by atoms with van der Waals surface area (Å²) in [7, 11) is 0. The molecule has 1 aliphatic rings. The normalized spacial score (nSPS) is 15.8. The van der Waals surface area contributed by atoms with Gasteiger partial charge in [-0.2, -0.15) is 0 Å². The summed E-state index contributed by atoms with van der Waals surface area (Å²) in [6, 6.07) is 4.02. The van der Waals surface area contributed by atoms with Gasteiger partial charge in [0.05, 0.1) is 19.3 Å². The van der Waals surface area contributed by atoms with Crippen molar-refractivity contribution in [3.63, 3.8) is 0 Å². The van der Waals surface area contributed by atoms with Gasteiger partial charge in [-0.3, -0.25) is 4.99 Å². The molecule has 0 spiro atoms. The highest BCUT2D eigenvalue weighted by Gasteiger charge is 2.21. The molecule has 1 saturated carbocycles. The maximum Gasteiger partial charge on any atom is 0.191 e. The quantitative estimate of drug-likeness (QED) is 0.295. The van der Waals surface area contributed by atoms with Crippen LogP contribution >= 0.6 is 24.0 Å². The van der Waals surface area contributed by atoms with Crippen molar-refractivity contribution in [3.05, 3.63) is 24.5 Å². The summed E-state index contributed by atoms with van der Waals surface area (Å²) in [6.45, 7) is 5.98. The fourth-order valence-corrected chi connectivity index (χ4v) is 2.07. The molecule has 6 nitrogen and oxygen atoms in total. The zero-order chi connectivity index (χ0) is 15.6. The monoisotopic (exact) mass is 436 g/mol. The Morgan fingerprint density at radius 1 is 1.35 bits per heavy atom. The summed E-state index contributed by atoms with van der Waals surface area (Å²) < 4.78 is 7.59. The van der Waals surface area contributed by atoms with Gasteiger partial charge < -0.3 is 25.0 Å². The van der Waals surface area contributed by atoms with Crippen LogP contribution in [-0.4, -0.2) is 54.6 Å². The third kappa shape index (κ3) is 9.17. The molecule has 3 N–H and O–H groups in total. The van der Waals surface area contributed by atoms with Crippen LogP contribution in [0.25, 0.3) is 0 Å². The summed E-state index contributed by atoms with van der Waals surface area (Å²) in [6.07, 6.45) is 6.06. The van der Waals surface area contributed by atoms with E-state index in [2.05, 4.69) is 20.2 Å². The van der Waals surface area contributed by atoms with Crippen molar-refractivity contribution in [1.29, 1.82) is 0 Å². The number of nitrogens with zero attached hydrogens (tertiary/aromatic N) is 2. The molecule has 0 radical (unpaired) electrons. The fraction of sp³-hybridized carbons (Fsp3) is 0.688. The van der Waals surface area contributed by atoms with Gasteiger partial charge in [0.1, 0.15) is 0 Å². The molecule has 1 atom stereocenters. The second kappa shape index (κ2) is 11.7. The minimum atomic E-state index is -0.543. The first-order valence-corrected chi connectivity index (χ1v) is 8.16. The average Bonchev–Trinajstić information content (AvgIpc) is 3.18. The number of hydrogen-bond acceptors (Lipinski definition) is 3. The zero-order valence-corrected chi connectivity index (χ0v) is 16.1. The molecule has 2 rings (SSSR count). The molecule has 1 fully saturated rings. The summed E-state index contributed by atoms with van der Waals surface area (Å²) in [4.78, 5) is 4.40. The molecule has 1 aliphatic carbocycles. The summed E-state index contributed by atoms with van der Waals surface area (Å²) in [5.74, 6) is 1.46. The van der Waals surface area contributed by atoms with Crippen LogP contribution in [0.4, 0.5) is 0 Å². The summed E-state index contributed by atoms with van der Waals surface area (Å²) in [5.41, 5.74) is 0. The van der Waals surface area contributed by atoms with Crippen LogP contribution < -0.4 is 10.6 Å². The van der Waals surface area contributed by atoms with Crippen molar-refractivity contribution in [2.75, 3.05) is 32.8 Å². The first-order chi connectivity index (χ1) is 10.8. The molecule has 1 heterocycles. The van der Waals surface area contributed by atoms with E-state index in [9.17, 15) is 5.11 Å². The number of aliphatic hydroxyl groups excluding tert-OH is 1. The molecule has 132 valence electrons. The van der Waals surface area contributed by atoms with Crippen LogP contribution in [0.5, 0.6) is 0 Å². The molecule has 0 aromatic carbocycles. The average molecular weight is 436 g/mol. The Morgan fingerprint density at radius 3 is 2.74 bits per heavy atom. The van der Waals surface area contributed by atoms with Crippen LogP contribution in [0.3, 0.4) is 0 Å². The highest BCUT2D eigenvalue weighted by molar-refractivity contribution is 14.0. The molecular formula is C16H29IN4O2. The van der Waals surface area contributed by atoms with Crippen molar-refractivity contribution in [2.45, 2.75) is 32.4 Å². The van der Waals surface area contributed by atoms with E-state index in [1.807, 2.05) is 31.5 Å². The number of halogens is 1. The van der Waals surface area contributed by atoms with Crippen molar-refractivity contribution in [2.24, 2.45) is 10.9 Å². The predicted octanol–water partition coefficient (Wildman–Crippen LogP) is 1.45. The molecule has 1 aromatic rings. The molecule has 0 bridgehead atoms. The van der Waals surface area contributed by atoms with Gasteiger partial charge in [-0.15, -0.1) is 24.0 Å². The lowest BCUT2D eigenvalue weighted by Gasteiger charge is -2.13. The van der Waals surface area contributed by atoms with Gasteiger partial charge in [-0.1, -0.05) is 0 Å². The van der Waals surface area contributed by atoms with Crippen molar-refractivity contribution < 1.29 is 9.84 Å². The van der Waals surface area contributed by atoms with Gasteiger partial charge in [0.25, 0.3) is 0 Å². The van der Waals surface area contributed by atoms with Crippen LogP contribution in [0.1, 0.15) is 19.8 Å². The van der Waals surface area contributed by atoms with Crippen LogP contribution in [0.2, 0.25) is 0 Å². The number of hydrogen-bond donors (Lipinski definition) is 3. The Labute approximate surface area is 155 Å². The Bertz CT molecular complexity index is 435. The highest BCUT2D eigenvalue weighted by atomic mass is 127. The Balaban J connectivity index is 0.00000264.